The lowest BCUT2D eigenvalue weighted by Crippen LogP contribution is -2.35. The number of hydrogen-bond donors (Lipinski definition) is 2. The largest absolute Gasteiger partial charge is 0.480 e. The standard InChI is InChI=1S/C9H10FNO3S/c10-6-3-1-2-4-8(6)15(14)5-7(11)9(12)13/h1-4,7H,5,11H2,(H,12,13). The topological polar surface area (TPSA) is 80.4 Å². The Morgan fingerprint density at radius 3 is 2.67 bits per heavy atom. The highest BCUT2D eigenvalue weighted by atomic mass is 32.2. The Bertz CT molecular complexity index is 397. The molecule has 0 amide bonds. The number of halogens is 1. The third kappa shape index (κ3) is 3.10. The van der Waals surface area contributed by atoms with Crippen molar-refractivity contribution >= 4 is 16.8 Å². The van der Waals surface area contributed by atoms with Crippen LogP contribution in [0.15, 0.2) is 29.2 Å². The van der Waals surface area contributed by atoms with E-state index in [1.54, 1.807) is 0 Å². The first-order valence-electron chi connectivity index (χ1n) is 4.13. The Morgan fingerprint density at radius 1 is 1.53 bits per heavy atom. The first-order chi connectivity index (χ1) is 7.02. The van der Waals surface area contributed by atoms with E-state index < -0.39 is 28.6 Å². The summed E-state index contributed by atoms with van der Waals surface area (Å²) in [5, 5.41) is 8.49. The Labute approximate surface area is 88.4 Å². The van der Waals surface area contributed by atoms with Gasteiger partial charge in [-0.15, -0.1) is 0 Å². The molecule has 0 aliphatic rings. The van der Waals surface area contributed by atoms with Gasteiger partial charge in [-0.1, -0.05) is 12.1 Å². The van der Waals surface area contributed by atoms with Crippen molar-refractivity contribution in [2.24, 2.45) is 5.73 Å². The van der Waals surface area contributed by atoms with E-state index in [0.29, 0.717) is 0 Å². The van der Waals surface area contributed by atoms with Gasteiger partial charge < -0.3 is 10.8 Å². The van der Waals surface area contributed by atoms with E-state index in [2.05, 4.69) is 0 Å². The number of benzene rings is 1. The summed E-state index contributed by atoms with van der Waals surface area (Å²) in [5.41, 5.74) is 5.19. The van der Waals surface area contributed by atoms with Gasteiger partial charge in [0.15, 0.2) is 0 Å². The molecule has 0 fully saturated rings. The summed E-state index contributed by atoms with van der Waals surface area (Å²) in [4.78, 5) is 10.4. The lowest BCUT2D eigenvalue weighted by Gasteiger charge is -2.06. The second-order valence-corrected chi connectivity index (χ2v) is 4.35. The van der Waals surface area contributed by atoms with Gasteiger partial charge in [-0.3, -0.25) is 9.00 Å². The molecule has 1 aromatic carbocycles. The van der Waals surface area contributed by atoms with Gasteiger partial charge in [-0.05, 0) is 12.1 Å². The minimum Gasteiger partial charge on any atom is -0.480 e. The second kappa shape index (κ2) is 4.99. The Hall–Kier alpha value is -1.27. The van der Waals surface area contributed by atoms with Crippen molar-refractivity contribution in [2.75, 3.05) is 5.75 Å². The summed E-state index contributed by atoms with van der Waals surface area (Å²) in [7, 11) is -1.73. The van der Waals surface area contributed by atoms with Crippen molar-refractivity contribution in [3.05, 3.63) is 30.1 Å². The Balaban J connectivity index is 2.78. The monoisotopic (exact) mass is 231 g/mol. The molecule has 0 bridgehead atoms. The average Bonchev–Trinajstić information content (AvgIpc) is 2.18. The molecule has 0 aromatic heterocycles. The number of carboxylic acid groups (broad SMARTS) is 1. The molecule has 0 spiro atoms. The summed E-state index contributed by atoms with van der Waals surface area (Å²) >= 11 is 0. The summed E-state index contributed by atoms with van der Waals surface area (Å²) < 4.78 is 24.6. The maximum atomic E-state index is 13.1. The molecule has 0 radical (unpaired) electrons. The zero-order chi connectivity index (χ0) is 11.4. The molecule has 1 rings (SSSR count). The molecule has 2 atom stereocenters. The predicted molar refractivity (Wildman–Crippen MR) is 53.3 cm³/mol. The molecular formula is C9H10FNO3S. The van der Waals surface area contributed by atoms with Gasteiger partial charge in [-0.25, -0.2) is 4.39 Å². The Kier molecular flexibility index (Phi) is 3.93. The molecule has 0 saturated carbocycles. The fourth-order valence-corrected chi connectivity index (χ4v) is 2.12. The van der Waals surface area contributed by atoms with E-state index in [1.165, 1.54) is 24.3 Å². The summed E-state index contributed by atoms with van der Waals surface area (Å²) in [5.74, 6) is -2.16. The summed E-state index contributed by atoms with van der Waals surface area (Å²) in [6.07, 6.45) is 0. The van der Waals surface area contributed by atoms with Crippen LogP contribution in [0.1, 0.15) is 0 Å². The van der Waals surface area contributed by atoms with Crippen molar-refractivity contribution in [1.29, 1.82) is 0 Å². The molecule has 15 heavy (non-hydrogen) atoms. The van der Waals surface area contributed by atoms with Gasteiger partial charge in [0.1, 0.15) is 11.9 Å². The van der Waals surface area contributed by atoms with Crippen LogP contribution in [0.5, 0.6) is 0 Å². The first kappa shape index (κ1) is 11.8. The van der Waals surface area contributed by atoms with Crippen LogP contribution in [0.2, 0.25) is 0 Å². The summed E-state index contributed by atoms with van der Waals surface area (Å²) in [6, 6.07) is 4.26. The van der Waals surface area contributed by atoms with Crippen molar-refractivity contribution in [2.45, 2.75) is 10.9 Å². The highest BCUT2D eigenvalue weighted by Crippen LogP contribution is 2.11. The van der Waals surface area contributed by atoms with Crippen molar-refractivity contribution < 1.29 is 18.5 Å². The molecule has 4 nitrogen and oxygen atoms in total. The van der Waals surface area contributed by atoms with Crippen molar-refractivity contribution in [3.8, 4) is 0 Å². The van der Waals surface area contributed by atoms with Gasteiger partial charge in [0, 0.05) is 0 Å². The molecule has 0 aliphatic heterocycles. The molecule has 0 heterocycles. The molecule has 0 saturated heterocycles. The van der Waals surface area contributed by atoms with Crippen LogP contribution in [0.4, 0.5) is 4.39 Å². The van der Waals surface area contributed by atoms with E-state index >= 15 is 0 Å². The van der Waals surface area contributed by atoms with Crippen LogP contribution in [0.3, 0.4) is 0 Å². The van der Waals surface area contributed by atoms with Gasteiger partial charge in [-0.2, -0.15) is 0 Å². The minimum absolute atomic E-state index is 0.0193. The molecule has 3 N–H and O–H groups in total. The van der Waals surface area contributed by atoms with Crippen LogP contribution in [0, 0.1) is 5.82 Å². The smallest absolute Gasteiger partial charge is 0.321 e. The number of rotatable bonds is 4. The van der Waals surface area contributed by atoms with Crippen LogP contribution < -0.4 is 5.73 Å². The third-order valence-corrected chi connectivity index (χ3v) is 3.21. The van der Waals surface area contributed by atoms with Crippen LogP contribution >= 0.6 is 0 Å². The van der Waals surface area contributed by atoms with Crippen molar-refractivity contribution in [3.63, 3.8) is 0 Å². The molecule has 0 aliphatic carbocycles. The fraction of sp³-hybridized carbons (Fsp3) is 0.222. The predicted octanol–water partition coefficient (Wildman–Crippen LogP) is 0.345. The second-order valence-electron chi connectivity index (χ2n) is 2.89. The highest BCUT2D eigenvalue weighted by molar-refractivity contribution is 7.85. The third-order valence-electron chi connectivity index (χ3n) is 1.73. The molecule has 1 aromatic rings. The molecular weight excluding hydrogens is 221 g/mol. The van der Waals surface area contributed by atoms with E-state index in [9.17, 15) is 13.4 Å². The zero-order valence-corrected chi connectivity index (χ0v) is 8.54. The van der Waals surface area contributed by atoms with Crippen LogP contribution in [0.25, 0.3) is 0 Å². The number of carbonyl (C=O) groups is 1. The maximum Gasteiger partial charge on any atom is 0.321 e. The van der Waals surface area contributed by atoms with E-state index in [-0.39, 0.29) is 10.6 Å². The number of carboxylic acids is 1. The van der Waals surface area contributed by atoms with Crippen LogP contribution in [-0.4, -0.2) is 27.1 Å². The van der Waals surface area contributed by atoms with Gasteiger partial charge in [0.25, 0.3) is 0 Å². The number of hydrogen-bond acceptors (Lipinski definition) is 3. The minimum atomic E-state index is -1.73. The normalized spacial score (nSPS) is 14.5. The fourth-order valence-electron chi connectivity index (χ4n) is 0.954. The van der Waals surface area contributed by atoms with Gasteiger partial charge >= 0.3 is 5.97 Å². The highest BCUT2D eigenvalue weighted by Gasteiger charge is 2.18. The average molecular weight is 231 g/mol. The SMILES string of the molecule is NC(CS(=O)c1ccccc1F)C(=O)O. The lowest BCUT2D eigenvalue weighted by molar-refractivity contribution is -0.137. The molecule has 2 unspecified atom stereocenters. The number of aliphatic carboxylic acids is 1. The maximum absolute atomic E-state index is 13.1. The Morgan fingerprint density at radius 2 is 2.13 bits per heavy atom. The summed E-state index contributed by atoms with van der Waals surface area (Å²) in [6.45, 7) is 0. The van der Waals surface area contributed by atoms with Crippen LogP contribution in [-0.2, 0) is 15.6 Å². The first-order valence-corrected chi connectivity index (χ1v) is 5.45. The van der Waals surface area contributed by atoms with Gasteiger partial charge in [0.05, 0.1) is 21.4 Å². The van der Waals surface area contributed by atoms with E-state index in [0.717, 1.165) is 0 Å². The molecule has 82 valence electrons. The zero-order valence-electron chi connectivity index (χ0n) is 7.72. The van der Waals surface area contributed by atoms with E-state index in [4.69, 9.17) is 10.8 Å². The van der Waals surface area contributed by atoms with Gasteiger partial charge in [0.2, 0.25) is 0 Å². The van der Waals surface area contributed by atoms with Crippen molar-refractivity contribution in [1.82, 2.24) is 0 Å². The number of nitrogens with two attached hydrogens (primary N) is 1. The quantitative estimate of drug-likeness (QED) is 0.783. The van der Waals surface area contributed by atoms with E-state index in [1.807, 2.05) is 0 Å². The molecule has 6 heteroatoms. The lowest BCUT2D eigenvalue weighted by atomic mass is 10.3.